The zero-order chi connectivity index (χ0) is 13.4. The first-order chi connectivity index (χ1) is 8.40. The van der Waals surface area contributed by atoms with Gasteiger partial charge in [-0.1, -0.05) is 11.6 Å². The number of aliphatic hydroxyl groups excluding tert-OH is 1. The second-order valence-electron chi connectivity index (χ2n) is 4.76. The summed E-state index contributed by atoms with van der Waals surface area (Å²) in [5, 5.41) is 19.7. The SMILES string of the molecule is Cc1cc(C)c2c(c1)c(C(C)O)cn2CC(=O)O. The topological polar surface area (TPSA) is 62.5 Å². The van der Waals surface area contributed by atoms with E-state index in [0.717, 1.165) is 27.6 Å². The Kier molecular flexibility index (Phi) is 3.13. The van der Waals surface area contributed by atoms with Crippen molar-refractivity contribution in [1.29, 1.82) is 0 Å². The molecule has 0 fully saturated rings. The molecule has 1 unspecified atom stereocenters. The molecule has 4 heteroatoms. The number of aryl methyl sites for hydroxylation is 2. The first-order valence-electron chi connectivity index (χ1n) is 5.90. The average Bonchev–Trinajstić information content (AvgIpc) is 2.55. The highest BCUT2D eigenvalue weighted by molar-refractivity contribution is 5.88. The number of carbonyl (C=O) groups is 1. The molecule has 0 bridgehead atoms. The van der Waals surface area contributed by atoms with E-state index in [9.17, 15) is 9.90 Å². The second-order valence-corrected chi connectivity index (χ2v) is 4.76. The lowest BCUT2D eigenvalue weighted by atomic mass is 10.0. The molecule has 1 aromatic carbocycles. The van der Waals surface area contributed by atoms with Gasteiger partial charge in [0, 0.05) is 17.1 Å². The van der Waals surface area contributed by atoms with Crippen molar-refractivity contribution in [3.05, 3.63) is 35.0 Å². The van der Waals surface area contributed by atoms with E-state index in [1.165, 1.54) is 0 Å². The molecule has 18 heavy (non-hydrogen) atoms. The fourth-order valence-electron chi connectivity index (χ4n) is 2.47. The minimum atomic E-state index is -0.885. The third-order valence-electron chi connectivity index (χ3n) is 3.09. The van der Waals surface area contributed by atoms with Crippen LogP contribution in [0.25, 0.3) is 10.9 Å². The summed E-state index contributed by atoms with van der Waals surface area (Å²) in [6.07, 6.45) is 1.12. The summed E-state index contributed by atoms with van der Waals surface area (Å²) in [7, 11) is 0. The molecule has 1 heterocycles. The Morgan fingerprint density at radius 2 is 2.06 bits per heavy atom. The summed E-state index contributed by atoms with van der Waals surface area (Å²) >= 11 is 0. The average molecular weight is 247 g/mol. The Morgan fingerprint density at radius 3 is 2.61 bits per heavy atom. The fraction of sp³-hybridized carbons (Fsp3) is 0.357. The van der Waals surface area contributed by atoms with E-state index < -0.39 is 12.1 Å². The Labute approximate surface area is 105 Å². The molecule has 0 saturated carbocycles. The number of hydrogen-bond donors (Lipinski definition) is 2. The number of carboxylic acids is 1. The van der Waals surface area contributed by atoms with E-state index in [1.807, 2.05) is 26.0 Å². The number of carboxylic acid groups (broad SMARTS) is 1. The number of benzene rings is 1. The van der Waals surface area contributed by atoms with Gasteiger partial charge in [0.25, 0.3) is 0 Å². The summed E-state index contributed by atoms with van der Waals surface area (Å²) < 4.78 is 1.69. The van der Waals surface area contributed by atoms with Gasteiger partial charge in [0.1, 0.15) is 6.54 Å². The monoisotopic (exact) mass is 247 g/mol. The first-order valence-corrected chi connectivity index (χ1v) is 5.90. The number of aliphatic carboxylic acids is 1. The highest BCUT2D eigenvalue weighted by Crippen LogP contribution is 2.29. The molecule has 0 aliphatic carbocycles. The van der Waals surface area contributed by atoms with Crippen molar-refractivity contribution in [3.63, 3.8) is 0 Å². The van der Waals surface area contributed by atoms with Gasteiger partial charge in [-0.15, -0.1) is 0 Å². The van der Waals surface area contributed by atoms with Crippen LogP contribution in [0.4, 0.5) is 0 Å². The van der Waals surface area contributed by atoms with Crippen molar-refractivity contribution in [1.82, 2.24) is 4.57 Å². The van der Waals surface area contributed by atoms with Crippen LogP contribution >= 0.6 is 0 Å². The van der Waals surface area contributed by atoms with Crippen LogP contribution in [0.1, 0.15) is 29.7 Å². The molecule has 4 nitrogen and oxygen atoms in total. The van der Waals surface area contributed by atoms with E-state index in [0.29, 0.717) is 0 Å². The molecule has 0 spiro atoms. The number of aliphatic hydroxyl groups is 1. The van der Waals surface area contributed by atoms with Gasteiger partial charge in [-0.3, -0.25) is 4.79 Å². The molecule has 96 valence electrons. The van der Waals surface area contributed by atoms with Gasteiger partial charge in [0.15, 0.2) is 0 Å². The minimum Gasteiger partial charge on any atom is -0.480 e. The quantitative estimate of drug-likeness (QED) is 0.875. The van der Waals surface area contributed by atoms with Crippen LogP contribution in [0.5, 0.6) is 0 Å². The first kappa shape index (κ1) is 12.6. The van der Waals surface area contributed by atoms with E-state index in [-0.39, 0.29) is 6.54 Å². The smallest absolute Gasteiger partial charge is 0.323 e. The molecular formula is C14H17NO3. The maximum Gasteiger partial charge on any atom is 0.323 e. The number of hydrogen-bond acceptors (Lipinski definition) is 2. The molecule has 0 aliphatic rings. The van der Waals surface area contributed by atoms with Gasteiger partial charge < -0.3 is 14.8 Å². The summed E-state index contributed by atoms with van der Waals surface area (Å²) in [5.74, 6) is -0.885. The number of aromatic nitrogens is 1. The largest absolute Gasteiger partial charge is 0.480 e. The van der Waals surface area contributed by atoms with E-state index >= 15 is 0 Å². The van der Waals surface area contributed by atoms with Crippen molar-refractivity contribution in [2.75, 3.05) is 0 Å². The van der Waals surface area contributed by atoms with Crippen molar-refractivity contribution < 1.29 is 15.0 Å². The summed E-state index contributed by atoms with van der Waals surface area (Å²) in [6, 6.07) is 4.01. The summed E-state index contributed by atoms with van der Waals surface area (Å²) in [6.45, 7) is 5.55. The van der Waals surface area contributed by atoms with E-state index in [1.54, 1.807) is 17.7 Å². The van der Waals surface area contributed by atoms with Gasteiger partial charge >= 0.3 is 5.97 Å². The molecule has 1 aromatic heterocycles. The number of rotatable bonds is 3. The van der Waals surface area contributed by atoms with Crippen molar-refractivity contribution in [2.45, 2.75) is 33.4 Å². The van der Waals surface area contributed by atoms with Gasteiger partial charge in [-0.2, -0.15) is 0 Å². The van der Waals surface area contributed by atoms with Gasteiger partial charge in [-0.25, -0.2) is 0 Å². The van der Waals surface area contributed by atoms with Crippen LogP contribution in [0.2, 0.25) is 0 Å². The Balaban J connectivity index is 2.76. The maximum atomic E-state index is 10.9. The summed E-state index contributed by atoms with van der Waals surface area (Å²) in [4.78, 5) is 10.9. The number of fused-ring (bicyclic) bond motifs is 1. The molecule has 0 aliphatic heterocycles. The van der Waals surface area contributed by atoms with Crippen molar-refractivity contribution in [2.24, 2.45) is 0 Å². The van der Waals surface area contributed by atoms with Crippen LogP contribution < -0.4 is 0 Å². The normalized spacial score (nSPS) is 12.9. The summed E-state index contributed by atoms with van der Waals surface area (Å²) in [5.41, 5.74) is 3.80. The third kappa shape index (κ3) is 2.11. The van der Waals surface area contributed by atoms with Gasteiger partial charge in [-0.05, 0) is 32.4 Å². The lowest BCUT2D eigenvalue weighted by Crippen LogP contribution is -2.08. The molecular weight excluding hydrogens is 230 g/mol. The lowest BCUT2D eigenvalue weighted by Gasteiger charge is -2.06. The van der Waals surface area contributed by atoms with Crippen LogP contribution in [-0.4, -0.2) is 20.7 Å². The predicted molar refractivity (Wildman–Crippen MR) is 69.7 cm³/mol. The Hall–Kier alpha value is -1.81. The number of nitrogens with zero attached hydrogens (tertiary/aromatic N) is 1. The van der Waals surface area contributed by atoms with Gasteiger partial charge in [0.05, 0.1) is 11.6 Å². The fourth-order valence-corrected chi connectivity index (χ4v) is 2.47. The predicted octanol–water partition coefficient (Wildman–Crippen LogP) is 2.40. The van der Waals surface area contributed by atoms with Crippen molar-refractivity contribution in [3.8, 4) is 0 Å². The Morgan fingerprint density at radius 1 is 1.39 bits per heavy atom. The molecule has 0 radical (unpaired) electrons. The van der Waals surface area contributed by atoms with E-state index in [4.69, 9.17) is 5.11 Å². The molecule has 0 saturated heterocycles. The zero-order valence-electron chi connectivity index (χ0n) is 10.8. The zero-order valence-corrected chi connectivity index (χ0v) is 10.8. The minimum absolute atomic E-state index is 0.0902. The second kappa shape index (κ2) is 4.46. The van der Waals surface area contributed by atoms with Gasteiger partial charge in [0.2, 0.25) is 0 Å². The van der Waals surface area contributed by atoms with E-state index in [2.05, 4.69) is 0 Å². The van der Waals surface area contributed by atoms with Crippen molar-refractivity contribution >= 4 is 16.9 Å². The maximum absolute atomic E-state index is 10.9. The Bertz CT molecular complexity index is 611. The highest BCUT2D eigenvalue weighted by Gasteiger charge is 2.15. The third-order valence-corrected chi connectivity index (χ3v) is 3.09. The molecule has 1 atom stereocenters. The molecule has 2 rings (SSSR count). The van der Waals surface area contributed by atoms with Crippen LogP contribution in [-0.2, 0) is 11.3 Å². The van der Waals surface area contributed by atoms with Crippen LogP contribution in [0, 0.1) is 13.8 Å². The lowest BCUT2D eigenvalue weighted by molar-refractivity contribution is -0.137. The van der Waals surface area contributed by atoms with Crippen LogP contribution in [0.3, 0.4) is 0 Å². The van der Waals surface area contributed by atoms with Crippen LogP contribution in [0.15, 0.2) is 18.3 Å². The molecule has 2 aromatic rings. The molecule has 0 amide bonds. The molecule has 2 N–H and O–H groups in total. The standard InChI is InChI=1S/C14H17NO3/c1-8-4-9(2)14-11(5-8)12(10(3)16)6-15(14)7-13(17)18/h4-6,10,16H,7H2,1-3H3,(H,17,18). The highest BCUT2D eigenvalue weighted by atomic mass is 16.4.